The lowest BCUT2D eigenvalue weighted by Crippen LogP contribution is -2.45. The van der Waals surface area contributed by atoms with Gasteiger partial charge in [0.2, 0.25) is 5.95 Å². The summed E-state index contributed by atoms with van der Waals surface area (Å²) < 4.78 is 11.6. The SMILES string of the molecule is c1cc(N2CCCCCC2)nc(N2CCC3(CC2)OCCO3)n1. The van der Waals surface area contributed by atoms with Crippen LogP contribution in [0.3, 0.4) is 0 Å². The predicted octanol–water partition coefficient (Wildman–Crippen LogP) is 2.20. The van der Waals surface area contributed by atoms with Gasteiger partial charge in [-0.05, 0) is 18.9 Å². The molecule has 1 aromatic heterocycles. The van der Waals surface area contributed by atoms with Gasteiger partial charge in [0.25, 0.3) is 0 Å². The van der Waals surface area contributed by atoms with Gasteiger partial charge in [0, 0.05) is 45.2 Å². The molecule has 0 radical (unpaired) electrons. The van der Waals surface area contributed by atoms with E-state index >= 15 is 0 Å². The number of hydrogen-bond donors (Lipinski definition) is 0. The summed E-state index contributed by atoms with van der Waals surface area (Å²) in [5, 5.41) is 0. The van der Waals surface area contributed by atoms with Crippen molar-refractivity contribution in [3.63, 3.8) is 0 Å². The predicted molar refractivity (Wildman–Crippen MR) is 88.8 cm³/mol. The third kappa shape index (κ3) is 3.28. The molecule has 126 valence electrons. The fraction of sp³-hybridized carbons (Fsp3) is 0.765. The van der Waals surface area contributed by atoms with Crippen LogP contribution in [0, 0.1) is 0 Å². The third-order valence-corrected chi connectivity index (χ3v) is 5.18. The van der Waals surface area contributed by atoms with Crippen molar-refractivity contribution in [2.24, 2.45) is 0 Å². The van der Waals surface area contributed by atoms with E-state index in [2.05, 4.69) is 14.8 Å². The number of piperidine rings is 1. The van der Waals surface area contributed by atoms with Crippen LogP contribution in [-0.4, -0.2) is 55.1 Å². The Morgan fingerprint density at radius 3 is 2.26 bits per heavy atom. The topological polar surface area (TPSA) is 50.7 Å². The first-order chi connectivity index (χ1) is 11.3. The van der Waals surface area contributed by atoms with Crippen molar-refractivity contribution in [2.45, 2.75) is 44.3 Å². The summed E-state index contributed by atoms with van der Waals surface area (Å²) in [4.78, 5) is 14.0. The van der Waals surface area contributed by atoms with E-state index in [1.165, 1.54) is 25.7 Å². The molecule has 1 aromatic rings. The van der Waals surface area contributed by atoms with Gasteiger partial charge >= 0.3 is 0 Å². The number of aromatic nitrogens is 2. The second-order valence-electron chi connectivity index (χ2n) is 6.71. The molecule has 0 unspecified atom stereocenters. The molecule has 4 rings (SSSR count). The first-order valence-corrected chi connectivity index (χ1v) is 8.96. The summed E-state index contributed by atoms with van der Waals surface area (Å²) in [6.07, 6.45) is 8.88. The molecule has 0 aliphatic carbocycles. The van der Waals surface area contributed by atoms with Crippen molar-refractivity contribution < 1.29 is 9.47 Å². The third-order valence-electron chi connectivity index (χ3n) is 5.18. The zero-order chi connectivity index (χ0) is 15.5. The summed E-state index contributed by atoms with van der Waals surface area (Å²) in [6, 6.07) is 2.05. The molecule has 0 amide bonds. The minimum atomic E-state index is -0.334. The van der Waals surface area contributed by atoms with Gasteiger partial charge in [-0.25, -0.2) is 4.98 Å². The highest BCUT2D eigenvalue weighted by Crippen LogP contribution is 2.32. The lowest BCUT2D eigenvalue weighted by Gasteiger charge is -2.37. The van der Waals surface area contributed by atoms with Crippen molar-refractivity contribution in [3.8, 4) is 0 Å². The Hall–Kier alpha value is -1.40. The minimum absolute atomic E-state index is 0.334. The largest absolute Gasteiger partial charge is 0.356 e. The smallest absolute Gasteiger partial charge is 0.227 e. The van der Waals surface area contributed by atoms with Crippen LogP contribution in [0.2, 0.25) is 0 Å². The molecule has 0 bridgehead atoms. The number of anilines is 2. The Labute approximate surface area is 137 Å². The standard InChI is InChI=1S/C17H26N4O2/c1-2-4-10-20(9-3-1)15-5-8-18-16(19-15)21-11-6-17(7-12-21)22-13-14-23-17/h5,8H,1-4,6-7,9-14H2. The van der Waals surface area contributed by atoms with Gasteiger partial charge in [-0.2, -0.15) is 4.98 Å². The molecular weight excluding hydrogens is 292 g/mol. The molecule has 4 heterocycles. The maximum Gasteiger partial charge on any atom is 0.227 e. The molecule has 1 spiro atoms. The van der Waals surface area contributed by atoms with Crippen molar-refractivity contribution in [1.82, 2.24) is 9.97 Å². The molecule has 0 atom stereocenters. The van der Waals surface area contributed by atoms with Gasteiger partial charge in [0.1, 0.15) is 5.82 Å². The van der Waals surface area contributed by atoms with Crippen molar-refractivity contribution in [1.29, 1.82) is 0 Å². The van der Waals surface area contributed by atoms with E-state index in [9.17, 15) is 0 Å². The first-order valence-electron chi connectivity index (χ1n) is 8.96. The molecule has 23 heavy (non-hydrogen) atoms. The van der Waals surface area contributed by atoms with E-state index in [1.807, 2.05) is 12.3 Å². The highest BCUT2D eigenvalue weighted by atomic mass is 16.7. The van der Waals surface area contributed by atoms with E-state index in [-0.39, 0.29) is 5.79 Å². The molecule has 6 heteroatoms. The maximum absolute atomic E-state index is 5.80. The Balaban J connectivity index is 1.44. The zero-order valence-corrected chi connectivity index (χ0v) is 13.7. The van der Waals surface area contributed by atoms with Gasteiger partial charge in [0.15, 0.2) is 5.79 Å². The summed E-state index contributed by atoms with van der Waals surface area (Å²) in [6.45, 7) is 5.46. The Kier molecular flexibility index (Phi) is 4.35. The summed E-state index contributed by atoms with van der Waals surface area (Å²) in [7, 11) is 0. The van der Waals surface area contributed by atoms with Crippen LogP contribution in [0.5, 0.6) is 0 Å². The summed E-state index contributed by atoms with van der Waals surface area (Å²) in [5.41, 5.74) is 0. The first kappa shape index (κ1) is 15.1. The van der Waals surface area contributed by atoms with Gasteiger partial charge in [-0.3, -0.25) is 0 Å². The maximum atomic E-state index is 5.80. The van der Waals surface area contributed by atoms with E-state index in [0.29, 0.717) is 0 Å². The Morgan fingerprint density at radius 2 is 1.57 bits per heavy atom. The van der Waals surface area contributed by atoms with Crippen LogP contribution < -0.4 is 9.80 Å². The zero-order valence-electron chi connectivity index (χ0n) is 13.7. The Morgan fingerprint density at radius 1 is 0.870 bits per heavy atom. The van der Waals surface area contributed by atoms with Crippen LogP contribution >= 0.6 is 0 Å². The number of ether oxygens (including phenoxy) is 2. The normalized spacial score (nSPS) is 24.9. The van der Waals surface area contributed by atoms with Gasteiger partial charge in [-0.1, -0.05) is 12.8 Å². The van der Waals surface area contributed by atoms with Crippen molar-refractivity contribution >= 4 is 11.8 Å². The molecule has 3 fully saturated rings. The number of rotatable bonds is 2. The monoisotopic (exact) mass is 318 g/mol. The van der Waals surface area contributed by atoms with Crippen molar-refractivity contribution in [3.05, 3.63) is 12.3 Å². The van der Waals surface area contributed by atoms with E-state index in [0.717, 1.165) is 64.0 Å². The quantitative estimate of drug-likeness (QED) is 0.833. The minimum Gasteiger partial charge on any atom is -0.356 e. The highest BCUT2D eigenvalue weighted by Gasteiger charge is 2.40. The molecular formula is C17H26N4O2. The molecule has 0 aromatic carbocycles. The average Bonchev–Trinajstić information content (AvgIpc) is 2.88. The molecule has 0 N–H and O–H groups in total. The molecule has 3 saturated heterocycles. The fourth-order valence-electron chi connectivity index (χ4n) is 3.80. The lowest BCUT2D eigenvalue weighted by molar-refractivity contribution is -0.169. The molecule has 6 nitrogen and oxygen atoms in total. The van der Waals surface area contributed by atoms with Crippen molar-refractivity contribution in [2.75, 3.05) is 49.2 Å². The molecule has 0 saturated carbocycles. The van der Waals surface area contributed by atoms with E-state index in [4.69, 9.17) is 14.5 Å². The van der Waals surface area contributed by atoms with Crippen LogP contribution in [0.15, 0.2) is 12.3 Å². The molecule has 3 aliphatic rings. The number of nitrogens with zero attached hydrogens (tertiary/aromatic N) is 4. The van der Waals surface area contributed by atoms with Gasteiger partial charge < -0.3 is 19.3 Å². The van der Waals surface area contributed by atoms with Gasteiger partial charge in [-0.15, -0.1) is 0 Å². The van der Waals surface area contributed by atoms with E-state index < -0.39 is 0 Å². The van der Waals surface area contributed by atoms with Crippen LogP contribution in [0.4, 0.5) is 11.8 Å². The summed E-state index contributed by atoms with van der Waals surface area (Å²) in [5.74, 6) is 1.59. The van der Waals surface area contributed by atoms with E-state index in [1.54, 1.807) is 0 Å². The second kappa shape index (κ2) is 6.61. The fourth-order valence-corrected chi connectivity index (χ4v) is 3.80. The second-order valence-corrected chi connectivity index (χ2v) is 6.71. The number of hydrogen-bond acceptors (Lipinski definition) is 6. The van der Waals surface area contributed by atoms with Gasteiger partial charge in [0.05, 0.1) is 13.2 Å². The lowest BCUT2D eigenvalue weighted by atomic mass is 10.0. The Bertz CT molecular complexity index is 515. The van der Waals surface area contributed by atoms with Crippen LogP contribution in [0.1, 0.15) is 38.5 Å². The molecule has 3 aliphatic heterocycles. The van der Waals surface area contributed by atoms with Crippen LogP contribution in [-0.2, 0) is 9.47 Å². The highest BCUT2D eigenvalue weighted by molar-refractivity contribution is 5.44. The average molecular weight is 318 g/mol. The summed E-state index contributed by atoms with van der Waals surface area (Å²) >= 11 is 0. The van der Waals surface area contributed by atoms with Crippen LogP contribution in [0.25, 0.3) is 0 Å².